The van der Waals surface area contributed by atoms with Crippen LogP contribution in [0.25, 0.3) is 0 Å². The zero-order valence-electron chi connectivity index (χ0n) is 7.40. The van der Waals surface area contributed by atoms with Gasteiger partial charge in [0.05, 0.1) is 0 Å². The molecule has 0 radical (unpaired) electrons. The maximum absolute atomic E-state index is 10.9. The molecule has 0 atom stereocenters. The molecule has 0 aromatic heterocycles. The molecule has 0 aromatic rings. The van der Waals surface area contributed by atoms with Gasteiger partial charge < -0.3 is 10.6 Å². The van der Waals surface area contributed by atoms with Gasteiger partial charge in [-0.2, -0.15) is 0 Å². The highest BCUT2D eigenvalue weighted by atomic mass is 16.1. The molecule has 0 rings (SSSR count). The van der Waals surface area contributed by atoms with Crippen LogP contribution in [0.2, 0.25) is 0 Å². The van der Waals surface area contributed by atoms with Crippen LogP contribution in [0.1, 0.15) is 13.8 Å². The average Bonchev–Trinajstić information content (AvgIpc) is 1.86. The smallest absolute Gasteiger partial charge is 0.243 e. The third-order valence-corrected chi connectivity index (χ3v) is 1.09. The van der Waals surface area contributed by atoms with Gasteiger partial charge in [0.2, 0.25) is 5.91 Å². The van der Waals surface area contributed by atoms with Crippen LogP contribution in [0.4, 0.5) is 0 Å². The van der Waals surface area contributed by atoms with Crippen molar-refractivity contribution in [3.05, 3.63) is 11.6 Å². The summed E-state index contributed by atoms with van der Waals surface area (Å²) >= 11 is 0. The minimum Gasteiger partial charge on any atom is -0.351 e. The monoisotopic (exact) mass is 156 g/mol. The fourth-order valence-electron chi connectivity index (χ4n) is 0.624. The fraction of sp³-hybridized carbons (Fsp3) is 0.625. The number of likely N-dealkylation sites (N-methyl/N-ethyl adjacent to an activating group) is 1. The predicted octanol–water partition coefficient (Wildman–Crippen LogP) is 0.288. The van der Waals surface area contributed by atoms with E-state index in [1.807, 2.05) is 20.9 Å². The Kier molecular flexibility index (Phi) is 5.47. The van der Waals surface area contributed by atoms with Crippen LogP contribution in [0, 0.1) is 0 Å². The van der Waals surface area contributed by atoms with Crippen molar-refractivity contribution in [3.8, 4) is 0 Å². The van der Waals surface area contributed by atoms with Gasteiger partial charge in [0.1, 0.15) is 0 Å². The zero-order valence-corrected chi connectivity index (χ0v) is 7.40. The molecular weight excluding hydrogens is 140 g/mol. The second kappa shape index (κ2) is 5.92. The van der Waals surface area contributed by atoms with E-state index >= 15 is 0 Å². The lowest BCUT2D eigenvalue weighted by Gasteiger charge is -2.00. The summed E-state index contributed by atoms with van der Waals surface area (Å²) in [6, 6.07) is 0. The van der Waals surface area contributed by atoms with Crippen LogP contribution in [0.3, 0.4) is 0 Å². The van der Waals surface area contributed by atoms with Gasteiger partial charge in [-0.25, -0.2) is 0 Å². The molecule has 0 fully saturated rings. The Morgan fingerprint density at radius 1 is 1.36 bits per heavy atom. The van der Waals surface area contributed by atoms with Crippen molar-refractivity contribution in [2.75, 3.05) is 20.1 Å². The lowest BCUT2D eigenvalue weighted by molar-refractivity contribution is -0.116. The number of carbonyl (C=O) groups excluding carboxylic acids is 1. The normalized spacial score (nSPS) is 9.00. The van der Waals surface area contributed by atoms with Crippen LogP contribution in [-0.4, -0.2) is 26.0 Å². The maximum Gasteiger partial charge on any atom is 0.243 e. The van der Waals surface area contributed by atoms with Crippen LogP contribution < -0.4 is 10.6 Å². The first-order valence-electron chi connectivity index (χ1n) is 3.74. The van der Waals surface area contributed by atoms with Gasteiger partial charge in [-0.15, -0.1) is 0 Å². The van der Waals surface area contributed by atoms with Gasteiger partial charge in [-0.3, -0.25) is 4.79 Å². The van der Waals surface area contributed by atoms with Crippen molar-refractivity contribution >= 4 is 5.91 Å². The van der Waals surface area contributed by atoms with E-state index < -0.39 is 0 Å². The van der Waals surface area contributed by atoms with Crippen molar-refractivity contribution in [3.63, 3.8) is 0 Å². The third-order valence-electron chi connectivity index (χ3n) is 1.09. The Morgan fingerprint density at radius 3 is 2.45 bits per heavy atom. The molecule has 11 heavy (non-hydrogen) atoms. The van der Waals surface area contributed by atoms with Crippen molar-refractivity contribution < 1.29 is 4.79 Å². The first kappa shape index (κ1) is 10.2. The number of hydrogen-bond acceptors (Lipinski definition) is 2. The Bertz CT molecular complexity index is 148. The number of nitrogens with one attached hydrogen (secondary N) is 2. The number of allylic oxidation sites excluding steroid dienone is 1. The Balaban J connectivity index is 3.46. The Hall–Kier alpha value is -0.830. The summed E-state index contributed by atoms with van der Waals surface area (Å²) in [6.07, 6.45) is 1.59. The van der Waals surface area contributed by atoms with Crippen molar-refractivity contribution in [1.29, 1.82) is 0 Å². The zero-order chi connectivity index (χ0) is 8.69. The van der Waals surface area contributed by atoms with Crippen LogP contribution >= 0.6 is 0 Å². The van der Waals surface area contributed by atoms with Crippen LogP contribution in [-0.2, 0) is 4.79 Å². The fourth-order valence-corrected chi connectivity index (χ4v) is 0.624. The molecule has 0 aliphatic rings. The van der Waals surface area contributed by atoms with Crippen molar-refractivity contribution in [2.45, 2.75) is 13.8 Å². The van der Waals surface area contributed by atoms with E-state index in [0.29, 0.717) is 6.54 Å². The van der Waals surface area contributed by atoms with Gasteiger partial charge in [0.15, 0.2) is 0 Å². The Morgan fingerprint density at radius 2 is 2.00 bits per heavy atom. The van der Waals surface area contributed by atoms with E-state index in [1.165, 1.54) is 0 Å². The molecule has 0 bridgehead atoms. The molecule has 0 aromatic carbocycles. The van der Waals surface area contributed by atoms with Crippen LogP contribution in [0.5, 0.6) is 0 Å². The van der Waals surface area contributed by atoms with E-state index in [-0.39, 0.29) is 5.91 Å². The topological polar surface area (TPSA) is 41.1 Å². The SMILES string of the molecule is CNCCNC(=O)C=C(C)C. The second-order valence-corrected chi connectivity index (χ2v) is 2.62. The summed E-state index contributed by atoms with van der Waals surface area (Å²) < 4.78 is 0. The summed E-state index contributed by atoms with van der Waals surface area (Å²) in [5.74, 6) is -0.0137. The molecule has 2 N–H and O–H groups in total. The number of amides is 1. The average molecular weight is 156 g/mol. The number of hydrogen-bond donors (Lipinski definition) is 2. The second-order valence-electron chi connectivity index (χ2n) is 2.62. The number of carbonyl (C=O) groups is 1. The predicted molar refractivity (Wildman–Crippen MR) is 46.4 cm³/mol. The highest BCUT2D eigenvalue weighted by Gasteiger charge is 1.92. The van der Waals surface area contributed by atoms with E-state index in [9.17, 15) is 4.79 Å². The first-order valence-corrected chi connectivity index (χ1v) is 3.74. The largest absolute Gasteiger partial charge is 0.351 e. The third kappa shape index (κ3) is 7.06. The van der Waals surface area contributed by atoms with Gasteiger partial charge in [0, 0.05) is 19.2 Å². The minimum atomic E-state index is -0.0137. The van der Waals surface area contributed by atoms with E-state index in [1.54, 1.807) is 6.08 Å². The summed E-state index contributed by atoms with van der Waals surface area (Å²) in [4.78, 5) is 10.9. The molecule has 64 valence electrons. The highest BCUT2D eigenvalue weighted by molar-refractivity contribution is 5.87. The highest BCUT2D eigenvalue weighted by Crippen LogP contribution is 1.86. The standard InChI is InChI=1S/C8H16N2O/c1-7(2)6-8(11)10-5-4-9-3/h6,9H,4-5H2,1-3H3,(H,10,11). The van der Waals surface area contributed by atoms with E-state index in [4.69, 9.17) is 0 Å². The van der Waals surface area contributed by atoms with Gasteiger partial charge in [0.25, 0.3) is 0 Å². The lowest BCUT2D eigenvalue weighted by Crippen LogP contribution is -2.29. The van der Waals surface area contributed by atoms with Crippen LogP contribution in [0.15, 0.2) is 11.6 Å². The summed E-state index contributed by atoms with van der Waals surface area (Å²) in [5, 5.41) is 5.68. The van der Waals surface area contributed by atoms with Gasteiger partial charge >= 0.3 is 0 Å². The lowest BCUT2D eigenvalue weighted by atomic mass is 10.3. The summed E-state index contributed by atoms with van der Waals surface area (Å²) in [7, 11) is 1.85. The van der Waals surface area contributed by atoms with Gasteiger partial charge in [-0.05, 0) is 20.9 Å². The molecule has 0 spiro atoms. The molecule has 0 unspecified atom stereocenters. The molecule has 0 saturated carbocycles. The van der Waals surface area contributed by atoms with E-state index in [0.717, 1.165) is 12.1 Å². The number of rotatable bonds is 4. The molecule has 3 nitrogen and oxygen atoms in total. The molecule has 0 aliphatic carbocycles. The quantitative estimate of drug-likeness (QED) is 0.453. The van der Waals surface area contributed by atoms with Crippen molar-refractivity contribution in [1.82, 2.24) is 10.6 Å². The molecular formula is C8H16N2O. The van der Waals surface area contributed by atoms with Gasteiger partial charge in [-0.1, -0.05) is 5.57 Å². The maximum atomic E-state index is 10.9. The Labute approximate surface area is 67.9 Å². The summed E-state index contributed by atoms with van der Waals surface area (Å²) in [5.41, 5.74) is 1.02. The molecule has 3 heteroatoms. The summed E-state index contributed by atoms with van der Waals surface area (Å²) in [6.45, 7) is 5.29. The van der Waals surface area contributed by atoms with E-state index in [2.05, 4.69) is 10.6 Å². The van der Waals surface area contributed by atoms with Crippen molar-refractivity contribution in [2.24, 2.45) is 0 Å². The molecule has 0 heterocycles. The first-order chi connectivity index (χ1) is 5.16. The molecule has 0 saturated heterocycles. The minimum absolute atomic E-state index is 0.0137. The molecule has 0 aliphatic heterocycles. The molecule has 1 amide bonds.